The Hall–Kier alpha value is -0.130. The Morgan fingerprint density at radius 3 is 2.94 bits per heavy atom. The monoisotopic (exact) mass is 247 g/mol. The fraction of sp³-hybridized carbons (Fsp3) is 1.00. The molecule has 1 N–H and O–H groups in total. The van der Waals surface area contributed by atoms with Gasteiger partial charge in [-0.1, -0.05) is 19.8 Å². The highest BCUT2D eigenvalue weighted by atomic mass is 32.2. The topological polar surface area (TPSA) is 55.4 Å². The van der Waals surface area contributed by atoms with E-state index in [1.54, 1.807) is 0 Å². The van der Waals surface area contributed by atoms with Gasteiger partial charge in [-0.05, 0) is 12.8 Å². The highest BCUT2D eigenvalue weighted by molar-refractivity contribution is 7.91. The predicted octanol–water partition coefficient (Wildman–Crippen LogP) is 0.722. The molecule has 0 aromatic carbocycles. The molecule has 2 unspecified atom stereocenters. The number of unbranched alkanes of at least 4 members (excludes halogenated alkanes) is 1. The lowest BCUT2D eigenvalue weighted by Gasteiger charge is -2.41. The summed E-state index contributed by atoms with van der Waals surface area (Å²) in [5, 5.41) is 3.43. The fourth-order valence-electron chi connectivity index (χ4n) is 2.78. The average molecular weight is 247 g/mol. The van der Waals surface area contributed by atoms with E-state index < -0.39 is 15.4 Å². The van der Waals surface area contributed by atoms with Crippen LogP contribution in [0.3, 0.4) is 0 Å². The molecule has 5 heteroatoms. The normalized spacial score (nSPS) is 37.9. The molecule has 2 atom stereocenters. The van der Waals surface area contributed by atoms with Gasteiger partial charge in [0.25, 0.3) is 0 Å². The van der Waals surface area contributed by atoms with E-state index in [1.807, 2.05) is 0 Å². The fourth-order valence-corrected chi connectivity index (χ4v) is 4.76. The van der Waals surface area contributed by atoms with Crippen molar-refractivity contribution < 1.29 is 13.2 Å². The molecular weight excluding hydrogens is 226 g/mol. The number of sulfone groups is 1. The minimum absolute atomic E-state index is 0.210. The van der Waals surface area contributed by atoms with Crippen LogP contribution in [0, 0.1) is 0 Å². The maximum absolute atomic E-state index is 11.6. The lowest BCUT2D eigenvalue weighted by atomic mass is 9.88. The molecule has 1 spiro atoms. The minimum atomic E-state index is -2.88. The minimum Gasteiger partial charge on any atom is -0.371 e. The first-order valence-corrected chi connectivity index (χ1v) is 7.98. The summed E-state index contributed by atoms with van der Waals surface area (Å²) in [6.45, 7) is 3.63. The van der Waals surface area contributed by atoms with E-state index in [-0.39, 0.29) is 17.5 Å². The number of morpholine rings is 1. The maximum atomic E-state index is 11.6. The molecule has 16 heavy (non-hydrogen) atoms. The Labute approximate surface area is 97.7 Å². The summed E-state index contributed by atoms with van der Waals surface area (Å²) in [5.41, 5.74) is -0.424. The molecule has 94 valence electrons. The van der Waals surface area contributed by atoms with E-state index in [0.717, 1.165) is 25.8 Å². The predicted molar refractivity (Wildman–Crippen MR) is 63.3 cm³/mol. The first-order chi connectivity index (χ1) is 7.58. The standard InChI is InChI=1S/C11H21NO3S/c1-2-3-4-10-11(15-7-6-12-10)5-8-16(13,14)9-11/h10,12H,2-9H2,1H3. The average Bonchev–Trinajstić information content (AvgIpc) is 2.54. The van der Waals surface area contributed by atoms with Crippen LogP contribution in [-0.4, -0.2) is 44.7 Å². The van der Waals surface area contributed by atoms with Crippen LogP contribution in [0.1, 0.15) is 32.6 Å². The molecule has 0 bridgehead atoms. The van der Waals surface area contributed by atoms with Gasteiger partial charge in [0.15, 0.2) is 9.84 Å². The van der Waals surface area contributed by atoms with Gasteiger partial charge in [-0.3, -0.25) is 0 Å². The molecular formula is C11H21NO3S. The molecule has 2 saturated heterocycles. The summed E-state index contributed by atoms with van der Waals surface area (Å²) in [6.07, 6.45) is 3.95. The number of nitrogens with one attached hydrogen (secondary N) is 1. The third-order valence-electron chi connectivity index (χ3n) is 3.66. The van der Waals surface area contributed by atoms with Crippen molar-refractivity contribution in [2.24, 2.45) is 0 Å². The highest BCUT2D eigenvalue weighted by Gasteiger charge is 2.49. The zero-order valence-electron chi connectivity index (χ0n) is 9.87. The second-order valence-corrected chi connectivity index (χ2v) is 7.09. The molecule has 2 aliphatic heterocycles. The van der Waals surface area contributed by atoms with Gasteiger partial charge in [0.1, 0.15) is 0 Å². The van der Waals surface area contributed by atoms with E-state index in [9.17, 15) is 8.42 Å². The lowest BCUT2D eigenvalue weighted by molar-refractivity contribution is -0.0807. The Bertz CT molecular complexity index is 341. The molecule has 0 amide bonds. The second-order valence-electron chi connectivity index (χ2n) is 4.90. The van der Waals surface area contributed by atoms with Gasteiger partial charge < -0.3 is 10.1 Å². The zero-order chi connectivity index (χ0) is 11.6. The van der Waals surface area contributed by atoms with Crippen LogP contribution in [0.2, 0.25) is 0 Å². The van der Waals surface area contributed by atoms with Gasteiger partial charge in [-0.2, -0.15) is 0 Å². The van der Waals surface area contributed by atoms with E-state index in [1.165, 1.54) is 0 Å². The van der Waals surface area contributed by atoms with Crippen molar-refractivity contribution in [2.75, 3.05) is 24.7 Å². The molecule has 2 heterocycles. The summed E-state index contributed by atoms with van der Waals surface area (Å²) >= 11 is 0. The molecule has 0 saturated carbocycles. The van der Waals surface area contributed by atoms with Crippen LogP contribution in [0.25, 0.3) is 0 Å². The summed E-state index contributed by atoms with van der Waals surface area (Å²) in [6, 6.07) is 0.221. The molecule has 0 aromatic rings. The van der Waals surface area contributed by atoms with Crippen molar-refractivity contribution in [1.29, 1.82) is 0 Å². The van der Waals surface area contributed by atoms with E-state index in [2.05, 4.69) is 12.2 Å². The van der Waals surface area contributed by atoms with Crippen molar-refractivity contribution in [2.45, 2.75) is 44.2 Å². The Morgan fingerprint density at radius 1 is 1.50 bits per heavy atom. The Morgan fingerprint density at radius 2 is 2.31 bits per heavy atom. The Kier molecular flexibility index (Phi) is 3.56. The number of hydrogen-bond donors (Lipinski definition) is 1. The van der Waals surface area contributed by atoms with Crippen LogP contribution >= 0.6 is 0 Å². The van der Waals surface area contributed by atoms with Gasteiger partial charge >= 0.3 is 0 Å². The van der Waals surface area contributed by atoms with E-state index in [4.69, 9.17) is 4.74 Å². The first-order valence-electron chi connectivity index (χ1n) is 6.16. The molecule has 0 aliphatic carbocycles. The maximum Gasteiger partial charge on any atom is 0.153 e. The third kappa shape index (κ3) is 2.41. The summed E-state index contributed by atoms with van der Waals surface area (Å²) in [4.78, 5) is 0. The molecule has 2 rings (SSSR count). The second kappa shape index (κ2) is 4.63. The van der Waals surface area contributed by atoms with Crippen molar-refractivity contribution in [3.05, 3.63) is 0 Å². The smallest absolute Gasteiger partial charge is 0.153 e. The zero-order valence-corrected chi connectivity index (χ0v) is 10.7. The van der Waals surface area contributed by atoms with Crippen molar-refractivity contribution >= 4 is 9.84 Å². The SMILES string of the molecule is CCCCC1NCCOC12CCS(=O)(=O)C2. The highest BCUT2D eigenvalue weighted by Crippen LogP contribution is 2.34. The quantitative estimate of drug-likeness (QED) is 0.798. The van der Waals surface area contributed by atoms with E-state index >= 15 is 0 Å². The van der Waals surface area contributed by atoms with Gasteiger partial charge in [0.2, 0.25) is 0 Å². The van der Waals surface area contributed by atoms with Gasteiger partial charge in [0.05, 0.1) is 23.7 Å². The van der Waals surface area contributed by atoms with E-state index in [0.29, 0.717) is 13.0 Å². The van der Waals surface area contributed by atoms with Gasteiger partial charge in [-0.15, -0.1) is 0 Å². The largest absolute Gasteiger partial charge is 0.371 e. The summed E-state index contributed by atoms with van der Waals surface area (Å²) < 4.78 is 29.1. The molecule has 2 fully saturated rings. The third-order valence-corrected chi connectivity index (χ3v) is 5.42. The van der Waals surface area contributed by atoms with Crippen LogP contribution in [0.5, 0.6) is 0 Å². The molecule has 2 aliphatic rings. The first kappa shape index (κ1) is 12.3. The lowest BCUT2D eigenvalue weighted by Crippen LogP contribution is -2.58. The van der Waals surface area contributed by atoms with Crippen LogP contribution in [-0.2, 0) is 14.6 Å². The molecule has 0 radical (unpaired) electrons. The molecule has 0 aromatic heterocycles. The van der Waals surface area contributed by atoms with Gasteiger partial charge in [0, 0.05) is 12.6 Å². The summed E-state index contributed by atoms with van der Waals surface area (Å²) in [5.74, 6) is 0.499. The number of rotatable bonds is 3. The van der Waals surface area contributed by atoms with Gasteiger partial charge in [-0.25, -0.2) is 8.42 Å². The van der Waals surface area contributed by atoms with Crippen LogP contribution in [0.4, 0.5) is 0 Å². The van der Waals surface area contributed by atoms with Crippen molar-refractivity contribution in [3.8, 4) is 0 Å². The van der Waals surface area contributed by atoms with Crippen molar-refractivity contribution in [1.82, 2.24) is 5.32 Å². The van der Waals surface area contributed by atoms with Crippen LogP contribution < -0.4 is 5.32 Å². The van der Waals surface area contributed by atoms with Crippen molar-refractivity contribution in [3.63, 3.8) is 0 Å². The number of hydrogen-bond acceptors (Lipinski definition) is 4. The Balaban J connectivity index is 2.10. The molecule has 4 nitrogen and oxygen atoms in total. The van der Waals surface area contributed by atoms with Crippen LogP contribution in [0.15, 0.2) is 0 Å². The number of ether oxygens (including phenoxy) is 1. The summed E-state index contributed by atoms with van der Waals surface area (Å²) in [7, 11) is -2.88.